The van der Waals surface area contributed by atoms with E-state index < -0.39 is 37.6 Å². The van der Waals surface area contributed by atoms with Gasteiger partial charge in [-0.1, -0.05) is 36.0 Å². The SMILES string of the molecule is C[NH+](C)CCCN1c2ccccc2Sc2ccccc21.O=[N+]([O-])c1cc([N+](=O)[O-])c([O-])c([N+](=O)[O-])c1. The van der Waals surface area contributed by atoms with Crippen LogP contribution in [0.1, 0.15) is 6.42 Å². The predicted molar refractivity (Wildman–Crippen MR) is 132 cm³/mol. The maximum absolute atomic E-state index is 11.1. The quantitative estimate of drug-likeness (QED) is 0.369. The van der Waals surface area contributed by atoms with E-state index in [1.165, 1.54) is 39.0 Å². The zero-order valence-electron chi connectivity index (χ0n) is 19.4. The van der Waals surface area contributed by atoms with Crippen molar-refractivity contribution in [1.29, 1.82) is 0 Å². The molecule has 3 aromatic carbocycles. The molecule has 0 fully saturated rings. The van der Waals surface area contributed by atoms with Crippen LogP contribution in [0.2, 0.25) is 0 Å². The molecule has 0 radical (unpaired) electrons. The van der Waals surface area contributed by atoms with Crippen molar-refractivity contribution in [3.8, 4) is 5.75 Å². The second-order valence-corrected chi connectivity index (χ2v) is 9.17. The maximum atomic E-state index is 11.1. The number of nitrogens with zero attached hydrogens (tertiary/aromatic N) is 4. The monoisotopic (exact) mass is 513 g/mol. The molecule has 3 aromatic rings. The number of benzene rings is 3. The smallest absolute Gasteiger partial charge is 0.283 e. The Labute approximate surface area is 210 Å². The van der Waals surface area contributed by atoms with Gasteiger partial charge in [-0.05, 0) is 24.3 Å². The van der Waals surface area contributed by atoms with Crippen molar-refractivity contribution in [2.24, 2.45) is 0 Å². The second kappa shape index (κ2) is 11.5. The molecule has 1 aliphatic heterocycles. The number of rotatable bonds is 7. The first-order valence-corrected chi connectivity index (χ1v) is 11.6. The summed E-state index contributed by atoms with van der Waals surface area (Å²) >= 11 is 1.88. The van der Waals surface area contributed by atoms with E-state index in [0.717, 1.165) is 6.54 Å². The zero-order chi connectivity index (χ0) is 26.4. The highest BCUT2D eigenvalue weighted by atomic mass is 32.2. The summed E-state index contributed by atoms with van der Waals surface area (Å²) in [4.78, 5) is 34.2. The van der Waals surface area contributed by atoms with Crippen LogP contribution in [0.25, 0.3) is 0 Å². The first-order valence-electron chi connectivity index (χ1n) is 10.8. The number of hydrogen-bond acceptors (Lipinski definition) is 9. The molecule has 0 saturated heterocycles. The molecule has 0 spiro atoms. The van der Waals surface area contributed by atoms with Crippen molar-refractivity contribution in [1.82, 2.24) is 0 Å². The van der Waals surface area contributed by atoms with E-state index in [2.05, 4.69) is 67.5 Å². The molecule has 0 saturated carbocycles. The Kier molecular flexibility index (Phi) is 8.40. The third-order valence-electron chi connectivity index (χ3n) is 5.23. The Hall–Kier alpha value is -4.23. The molecule has 13 heteroatoms. The van der Waals surface area contributed by atoms with Gasteiger partial charge in [0.2, 0.25) is 0 Å². The van der Waals surface area contributed by atoms with Gasteiger partial charge in [0.15, 0.2) is 0 Å². The fraction of sp³-hybridized carbons (Fsp3) is 0.217. The summed E-state index contributed by atoms with van der Waals surface area (Å²) in [6.07, 6.45) is 1.20. The van der Waals surface area contributed by atoms with Gasteiger partial charge in [0.1, 0.15) is 0 Å². The van der Waals surface area contributed by atoms with E-state index in [1.54, 1.807) is 0 Å². The summed E-state index contributed by atoms with van der Waals surface area (Å²) in [5.41, 5.74) is -0.560. The van der Waals surface area contributed by atoms with Gasteiger partial charge < -0.3 is 14.9 Å². The van der Waals surface area contributed by atoms with Crippen molar-refractivity contribution >= 4 is 40.2 Å². The van der Waals surface area contributed by atoms with E-state index in [9.17, 15) is 35.4 Å². The highest BCUT2D eigenvalue weighted by molar-refractivity contribution is 7.99. The van der Waals surface area contributed by atoms with Crippen LogP contribution < -0.4 is 14.9 Å². The molecule has 188 valence electrons. The van der Waals surface area contributed by atoms with Crippen LogP contribution in [0.15, 0.2) is 70.5 Å². The average Bonchev–Trinajstić information content (AvgIpc) is 2.83. The van der Waals surface area contributed by atoms with Gasteiger partial charge in [-0.3, -0.25) is 30.3 Å². The molecule has 0 atom stereocenters. The van der Waals surface area contributed by atoms with E-state index in [-0.39, 0.29) is 0 Å². The van der Waals surface area contributed by atoms with Crippen molar-refractivity contribution in [2.75, 3.05) is 32.1 Å². The summed E-state index contributed by atoms with van der Waals surface area (Å²) in [6, 6.07) is 18.2. The van der Waals surface area contributed by atoms with Gasteiger partial charge in [-0.2, -0.15) is 0 Å². The minimum absolute atomic E-state index is 0.384. The molecule has 1 N–H and O–H groups in total. The molecule has 1 heterocycles. The van der Waals surface area contributed by atoms with Crippen molar-refractivity contribution in [2.45, 2.75) is 16.2 Å². The van der Waals surface area contributed by atoms with Crippen molar-refractivity contribution in [3.63, 3.8) is 0 Å². The molecular weight excluding hydrogens is 490 g/mol. The largest absolute Gasteiger partial charge is 0.863 e. The number of nitrogens with one attached hydrogen (secondary N) is 1. The summed E-state index contributed by atoms with van der Waals surface area (Å²) < 4.78 is 0. The van der Waals surface area contributed by atoms with E-state index >= 15 is 0 Å². The van der Waals surface area contributed by atoms with E-state index in [0.29, 0.717) is 12.1 Å². The van der Waals surface area contributed by atoms with Crippen molar-refractivity contribution < 1.29 is 24.8 Å². The van der Waals surface area contributed by atoms with Gasteiger partial charge in [-0.15, -0.1) is 0 Å². The molecule has 0 bridgehead atoms. The molecule has 0 amide bonds. The Morgan fingerprint density at radius 2 is 1.28 bits per heavy atom. The second-order valence-electron chi connectivity index (χ2n) is 8.08. The van der Waals surface area contributed by atoms with Crippen LogP contribution in [0.5, 0.6) is 5.75 Å². The minimum Gasteiger partial charge on any atom is -0.863 e. The average molecular weight is 514 g/mol. The third kappa shape index (κ3) is 6.06. The lowest BCUT2D eigenvalue weighted by Gasteiger charge is -2.32. The normalized spacial score (nSPS) is 11.7. The standard InChI is InChI=1S/C17H20N2S.C6H3N3O7/c1-18(2)12-7-13-19-14-8-3-5-10-16(14)20-17-11-6-4-9-15(17)19;10-6-4(8(13)14)1-3(7(11)12)2-5(6)9(15)16/h3-6,8-11H,7,12-13H2,1-2H3;1-2,10H. The fourth-order valence-electron chi connectivity index (χ4n) is 3.57. The van der Waals surface area contributed by atoms with Crippen molar-refractivity contribution in [3.05, 3.63) is 91.0 Å². The van der Waals surface area contributed by atoms with Crippen LogP contribution >= 0.6 is 11.8 Å². The zero-order valence-corrected chi connectivity index (χ0v) is 20.3. The predicted octanol–water partition coefficient (Wildman–Crippen LogP) is 3.31. The van der Waals surface area contributed by atoms with E-state index in [4.69, 9.17) is 0 Å². The van der Waals surface area contributed by atoms with Gasteiger partial charge in [0, 0.05) is 22.8 Å². The first-order chi connectivity index (χ1) is 17.1. The molecule has 1 aliphatic rings. The minimum atomic E-state index is -1.46. The fourth-order valence-corrected chi connectivity index (χ4v) is 4.67. The Morgan fingerprint density at radius 1 is 0.806 bits per heavy atom. The van der Waals surface area contributed by atoms with Gasteiger partial charge in [-0.25, -0.2) is 0 Å². The summed E-state index contributed by atoms with van der Waals surface area (Å²) in [6.45, 7) is 2.29. The molecule has 12 nitrogen and oxygen atoms in total. The highest BCUT2D eigenvalue weighted by Gasteiger charge is 2.25. The van der Waals surface area contributed by atoms with Crippen LogP contribution in [0.4, 0.5) is 28.4 Å². The molecule has 36 heavy (non-hydrogen) atoms. The third-order valence-corrected chi connectivity index (χ3v) is 6.36. The lowest BCUT2D eigenvalue weighted by atomic mass is 10.2. The first kappa shape index (κ1) is 26.4. The summed E-state index contributed by atoms with van der Waals surface area (Å²) in [5, 5.41) is 42.1. The van der Waals surface area contributed by atoms with Gasteiger partial charge >= 0.3 is 0 Å². The topological polar surface area (TPSA) is 160 Å². The Balaban J connectivity index is 0.000000207. The maximum Gasteiger partial charge on any atom is 0.283 e. The number of non-ortho nitro benzene ring substituents is 1. The highest BCUT2D eigenvalue weighted by Crippen LogP contribution is 2.47. The van der Waals surface area contributed by atoms with E-state index in [1.807, 2.05) is 11.8 Å². The number of nitro benzene ring substituents is 3. The summed E-state index contributed by atoms with van der Waals surface area (Å²) in [7, 11) is 4.43. The molecule has 0 aliphatic carbocycles. The summed E-state index contributed by atoms with van der Waals surface area (Å²) in [5.74, 6) is -1.46. The lowest BCUT2D eigenvalue weighted by Crippen LogP contribution is -3.05. The van der Waals surface area contributed by atoms with Crippen LogP contribution in [0, 0.1) is 30.3 Å². The molecule has 0 unspecified atom stereocenters. The van der Waals surface area contributed by atoms with Gasteiger partial charge in [0.25, 0.3) is 17.1 Å². The molecule has 4 rings (SSSR count). The Bertz CT molecular complexity index is 1220. The Morgan fingerprint density at radius 3 is 1.69 bits per heavy atom. The number of hydrogen-bond donors (Lipinski definition) is 1. The van der Waals surface area contributed by atoms with Crippen LogP contribution in [-0.4, -0.2) is 42.0 Å². The molecular formula is C23H23N5O7S. The van der Waals surface area contributed by atoms with Gasteiger partial charge in [0.05, 0.1) is 64.7 Å². The van der Waals surface area contributed by atoms with Crippen LogP contribution in [-0.2, 0) is 0 Å². The number of nitro groups is 3. The lowest BCUT2D eigenvalue weighted by molar-refractivity contribution is -0.858. The number of fused-ring (bicyclic) bond motifs is 2. The van der Waals surface area contributed by atoms with Crippen LogP contribution in [0.3, 0.4) is 0 Å². The number of quaternary nitrogens is 1. The number of para-hydroxylation sites is 2. The number of anilines is 2. The molecule has 0 aromatic heterocycles.